The molecule has 26 heavy (non-hydrogen) atoms. The van der Waals surface area contributed by atoms with E-state index in [1.165, 1.54) is 0 Å². The Bertz CT molecular complexity index is 775. The molecule has 0 saturated carbocycles. The maximum Gasteiger partial charge on any atom is 0.360 e. The van der Waals surface area contributed by atoms with Crippen molar-refractivity contribution in [2.45, 2.75) is 25.8 Å². The van der Waals surface area contributed by atoms with Crippen molar-refractivity contribution in [3.8, 4) is 0 Å². The summed E-state index contributed by atoms with van der Waals surface area (Å²) in [5.74, 6) is -0.914. The molecule has 0 aliphatic heterocycles. The van der Waals surface area contributed by atoms with Gasteiger partial charge in [-0.05, 0) is 24.1 Å². The number of nitrogens with two attached hydrogens (primary N) is 2. The van der Waals surface area contributed by atoms with E-state index in [1.54, 1.807) is 37.3 Å². The van der Waals surface area contributed by atoms with Crippen LogP contribution >= 0.6 is 0 Å². The predicted molar refractivity (Wildman–Crippen MR) is 91.6 cm³/mol. The van der Waals surface area contributed by atoms with E-state index in [1.807, 2.05) is 0 Å². The molecule has 10 heteroatoms. The van der Waals surface area contributed by atoms with Crippen LogP contribution in [0.5, 0.6) is 0 Å². The highest BCUT2D eigenvalue weighted by Gasteiger charge is 2.32. The van der Waals surface area contributed by atoms with Crippen LogP contribution in [0.3, 0.4) is 0 Å². The molecule has 10 nitrogen and oxygen atoms in total. The fraction of sp³-hybridized carbons (Fsp3) is 0.312. The molecule has 0 fully saturated rings. The smallest absolute Gasteiger partial charge is 0.360 e. The van der Waals surface area contributed by atoms with E-state index in [9.17, 15) is 14.4 Å². The number of rotatable bonds is 8. The van der Waals surface area contributed by atoms with E-state index in [2.05, 4.69) is 20.7 Å². The van der Waals surface area contributed by atoms with Crippen molar-refractivity contribution in [2.75, 3.05) is 6.54 Å². The lowest BCUT2D eigenvalue weighted by Crippen LogP contribution is -2.37. The minimum atomic E-state index is -0.964. The molecule has 0 aliphatic carbocycles. The monoisotopic (exact) mass is 358 g/mol. The third-order valence-corrected chi connectivity index (χ3v) is 3.49. The summed E-state index contributed by atoms with van der Waals surface area (Å²) >= 11 is 0. The number of aromatic nitrogens is 4. The minimum absolute atomic E-state index is 0.0198. The molecule has 1 heterocycles. The van der Waals surface area contributed by atoms with Crippen molar-refractivity contribution in [1.29, 1.82) is 0 Å². The van der Waals surface area contributed by atoms with Crippen LogP contribution in [-0.2, 0) is 9.59 Å². The molecule has 1 aromatic carbocycles. The highest BCUT2D eigenvalue weighted by molar-refractivity contribution is 6.02. The predicted octanol–water partition coefficient (Wildman–Crippen LogP) is -0.617. The fourth-order valence-corrected chi connectivity index (χ4v) is 2.22. The Labute approximate surface area is 149 Å². The first-order chi connectivity index (χ1) is 12.4. The molecule has 0 bridgehead atoms. The number of primary amides is 1. The van der Waals surface area contributed by atoms with Gasteiger partial charge < -0.3 is 16.8 Å². The molecule has 2 aromatic rings. The van der Waals surface area contributed by atoms with Gasteiger partial charge in [0.25, 0.3) is 0 Å². The van der Waals surface area contributed by atoms with Gasteiger partial charge in [-0.2, -0.15) is 0 Å². The maximum absolute atomic E-state index is 12.8. The Kier molecular flexibility index (Phi) is 6.50. The summed E-state index contributed by atoms with van der Waals surface area (Å²) in [6.45, 7) is 2.14. The van der Waals surface area contributed by atoms with Crippen molar-refractivity contribution < 1.29 is 14.4 Å². The zero-order valence-electron chi connectivity index (χ0n) is 14.3. The summed E-state index contributed by atoms with van der Waals surface area (Å²) in [5.41, 5.74) is 11.6. The summed E-state index contributed by atoms with van der Waals surface area (Å²) in [5, 5.41) is 14.0. The topological polar surface area (TPSA) is 159 Å². The Hall–Kier alpha value is -3.14. The molecule has 0 aliphatic rings. The van der Waals surface area contributed by atoms with E-state index in [0.29, 0.717) is 12.1 Å². The summed E-state index contributed by atoms with van der Waals surface area (Å²) in [6.07, 6.45) is 0.0724. The fourth-order valence-electron chi connectivity index (χ4n) is 2.22. The number of Topliss-reactive ketones (excluding diaryl/α,β-unsaturated/α-hetero) is 1. The second-order valence-corrected chi connectivity index (χ2v) is 5.45. The van der Waals surface area contributed by atoms with Gasteiger partial charge in [0.2, 0.25) is 5.91 Å². The van der Waals surface area contributed by atoms with Gasteiger partial charge in [0.1, 0.15) is 5.92 Å². The quantitative estimate of drug-likeness (QED) is 0.567. The lowest BCUT2D eigenvalue weighted by atomic mass is 9.89. The average molecular weight is 358 g/mol. The molecule has 0 spiro atoms. The summed E-state index contributed by atoms with van der Waals surface area (Å²) in [7, 11) is 0. The molecule has 5 N–H and O–H groups in total. The second kappa shape index (κ2) is 8.81. The standard InChI is InChI=1S/C16H20N7O3/c1-2-19-16(26)23-21-15(20-22-23)13(10-6-4-3-5-7-10)14(25)11(17)8-9-12(18)24/h3-7,11H,2,8-9,17H2,1H3,(H2,18,24)(H,19,26)/t11-/m0/s1. The van der Waals surface area contributed by atoms with Gasteiger partial charge >= 0.3 is 6.03 Å². The molecular formula is C16H20N7O3. The van der Waals surface area contributed by atoms with Crippen molar-refractivity contribution in [3.63, 3.8) is 0 Å². The third-order valence-electron chi connectivity index (χ3n) is 3.49. The zero-order valence-corrected chi connectivity index (χ0v) is 14.3. The van der Waals surface area contributed by atoms with Crippen LogP contribution in [0.2, 0.25) is 0 Å². The van der Waals surface area contributed by atoms with E-state index in [4.69, 9.17) is 11.5 Å². The molecule has 1 aromatic heterocycles. The largest absolute Gasteiger partial charge is 0.370 e. The number of carbonyl (C=O) groups excluding carboxylic acids is 3. The van der Waals surface area contributed by atoms with Crippen LogP contribution in [0.15, 0.2) is 30.3 Å². The third kappa shape index (κ3) is 4.70. The number of tetrazole rings is 1. The van der Waals surface area contributed by atoms with Crippen molar-refractivity contribution in [2.24, 2.45) is 11.5 Å². The first kappa shape index (κ1) is 19.2. The number of amides is 2. The molecule has 1 radical (unpaired) electrons. The van der Waals surface area contributed by atoms with Crippen molar-refractivity contribution >= 4 is 17.7 Å². The first-order valence-corrected chi connectivity index (χ1v) is 8.03. The molecule has 137 valence electrons. The lowest BCUT2D eigenvalue weighted by molar-refractivity contribution is -0.119. The van der Waals surface area contributed by atoms with E-state index in [-0.39, 0.29) is 24.6 Å². The normalized spacial score (nSPS) is 12.0. The summed E-state index contributed by atoms with van der Waals surface area (Å²) in [6, 6.07) is 7.13. The number of benzene rings is 1. The Morgan fingerprint density at radius 3 is 2.54 bits per heavy atom. The Morgan fingerprint density at radius 1 is 1.23 bits per heavy atom. The SMILES string of the molecule is CCNC(=O)n1nnc([C](C(=O)[C@@H](N)CCC(N)=O)c2ccccc2)n1. The van der Waals surface area contributed by atoms with Crippen LogP contribution in [0.1, 0.15) is 31.2 Å². The van der Waals surface area contributed by atoms with Crippen LogP contribution in [0.4, 0.5) is 4.79 Å². The molecule has 0 saturated heterocycles. The second-order valence-electron chi connectivity index (χ2n) is 5.45. The van der Waals surface area contributed by atoms with Crippen LogP contribution in [0, 0.1) is 5.92 Å². The molecule has 1 atom stereocenters. The number of nitrogens with zero attached hydrogens (tertiary/aromatic N) is 4. The van der Waals surface area contributed by atoms with E-state index >= 15 is 0 Å². The summed E-state index contributed by atoms with van der Waals surface area (Å²) < 4.78 is 0. The van der Waals surface area contributed by atoms with Gasteiger partial charge in [-0.15, -0.1) is 10.2 Å². The van der Waals surface area contributed by atoms with Gasteiger partial charge in [-0.1, -0.05) is 35.1 Å². The van der Waals surface area contributed by atoms with E-state index in [0.717, 1.165) is 4.80 Å². The number of hydrogen-bond donors (Lipinski definition) is 3. The molecular weight excluding hydrogens is 338 g/mol. The van der Waals surface area contributed by atoms with Gasteiger partial charge in [0.05, 0.1) is 6.04 Å². The van der Waals surface area contributed by atoms with Crippen molar-refractivity contribution in [1.82, 2.24) is 25.5 Å². The summed E-state index contributed by atoms with van der Waals surface area (Å²) in [4.78, 5) is 36.4. The molecule has 2 rings (SSSR count). The lowest BCUT2D eigenvalue weighted by Gasteiger charge is -2.16. The first-order valence-electron chi connectivity index (χ1n) is 8.03. The highest BCUT2D eigenvalue weighted by Crippen LogP contribution is 2.23. The van der Waals surface area contributed by atoms with Gasteiger partial charge in [0.15, 0.2) is 11.6 Å². The number of ketones is 1. The van der Waals surface area contributed by atoms with Crippen LogP contribution < -0.4 is 16.8 Å². The van der Waals surface area contributed by atoms with Crippen LogP contribution in [0.25, 0.3) is 0 Å². The van der Waals surface area contributed by atoms with Crippen molar-refractivity contribution in [3.05, 3.63) is 47.6 Å². The number of hydrogen-bond acceptors (Lipinski definition) is 7. The minimum Gasteiger partial charge on any atom is -0.370 e. The number of carbonyl (C=O) groups is 3. The van der Waals surface area contributed by atoms with Gasteiger partial charge in [0, 0.05) is 13.0 Å². The van der Waals surface area contributed by atoms with Gasteiger partial charge in [-0.3, -0.25) is 9.59 Å². The Balaban J connectivity index is 2.32. The number of nitrogens with one attached hydrogen (secondary N) is 1. The molecule has 2 amide bonds. The molecule has 0 unspecified atom stereocenters. The van der Waals surface area contributed by atoms with E-state index < -0.39 is 23.8 Å². The maximum atomic E-state index is 12.8. The van der Waals surface area contributed by atoms with Gasteiger partial charge in [-0.25, -0.2) is 4.79 Å². The highest BCUT2D eigenvalue weighted by atomic mass is 16.2. The zero-order chi connectivity index (χ0) is 19.1. The van der Waals surface area contributed by atoms with Crippen LogP contribution in [-0.4, -0.2) is 50.5 Å². The average Bonchev–Trinajstić information content (AvgIpc) is 3.10. The Morgan fingerprint density at radius 2 is 1.92 bits per heavy atom.